The molecule has 1 heterocycles. The van der Waals surface area contributed by atoms with E-state index in [1.807, 2.05) is 12.1 Å². The molecule has 0 atom stereocenters. The van der Waals surface area contributed by atoms with E-state index in [0.29, 0.717) is 17.1 Å². The van der Waals surface area contributed by atoms with E-state index in [0.717, 1.165) is 5.56 Å². The first-order chi connectivity index (χ1) is 9.72. The van der Waals surface area contributed by atoms with Crippen LogP contribution in [0.4, 0.5) is 0 Å². The SMILES string of the molecule is COc1cc(C=CC(=O)c2cccnc2)cc(OC)c1. The zero-order valence-electron chi connectivity index (χ0n) is 11.4. The Hall–Kier alpha value is -2.62. The molecule has 0 unspecified atom stereocenters. The minimum Gasteiger partial charge on any atom is -0.497 e. The monoisotopic (exact) mass is 269 g/mol. The van der Waals surface area contributed by atoms with Gasteiger partial charge in [0.25, 0.3) is 0 Å². The molecule has 4 heteroatoms. The van der Waals surface area contributed by atoms with Crippen LogP contribution in [-0.4, -0.2) is 25.0 Å². The number of carbonyl (C=O) groups excluding carboxylic acids is 1. The van der Waals surface area contributed by atoms with Crippen LogP contribution in [0.3, 0.4) is 0 Å². The van der Waals surface area contributed by atoms with Crippen molar-refractivity contribution in [1.29, 1.82) is 0 Å². The molecule has 0 fully saturated rings. The molecule has 2 rings (SSSR count). The summed E-state index contributed by atoms with van der Waals surface area (Å²) in [5.41, 5.74) is 1.39. The number of aromatic nitrogens is 1. The minimum absolute atomic E-state index is 0.0973. The second-order valence-electron chi connectivity index (χ2n) is 4.09. The van der Waals surface area contributed by atoms with Crippen molar-refractivity contribution in [3.05, 3.63) is 59.9 Å². The maximum absolute atomic E-state index is 11.9. The highest BCUT2D eigenvalue weighted by atomic mass is 16.5. The smallest absolute Gasteiger partial charge is 0.187 e. The molecule has 0 aliphatic carbocycles. The summed E-state index contributed by atoms with van der Waals surface area (Å²) < 4.78 is 10.4. The summed E-state index contributed by atoms with van der Waals surface area (Å²) in [4.78, 5) is 15.9. The number of hydrogen-bond acceptors (Lipinski definition) is 4. The Balaban J connectivity index is 2.21. The van der Waals surface area contributed by atoms with Gasteiger partial charge in [-0.3, -0.25) is 9.78 Å². The average Bonchev–Trinajstić information content (AvgIpc) is 2.53. The summed E-state index contributed by atoms with van der Waals surface area (Å²) in [6.07, 6.45) is 6.40. The van der Waals surface area contributed by atoms with Gasteiger partial charge < -0.3 is 9.47 Å². The molecule has 0 N–H and O–H groups in total. The predicted molar refractivity (Wildman–Crippen MR) is 77.1 cm³/mol. The standard InChI is InChI=1S/C16H15NO3/c1-19-14-8-12(9-15(10-14)20-2)5-6-16(18)13-4-3-7-17-11-13/h3-11H,1-2H3. The van der Waals surface area contributed by atoms with Crippen LogP contribution in [0, 0.1) is 0 Å². The van der Waals surface area contributed by atoms with E-state index in [4.69, 9.17) is 9.47 Å². The Bertz CT molecular complexity index is 599. The van der Waals surface area contributed by atoms with Crippen LogP contribution in [0.5, 0.6) is 11.5 Å². The van der Waals surface area contributed by atoms with Crippen molar-refractivity contribution in [2.75, 3.05) is 14.2 Å². The molecule has 102 valence electrons. The highest BCUT2D eigenvalue weighted by molar-refractivity contribution is 6.06. The molecule has 1 aromatic heterocycles. The largest absolute Gasteiger partial charge is 0.497 e. The van der Waals surface area contributed by atoms with Crippen LogP contribution in [0.1, 0.15) is 15.9 Å². The fraction of sp³-hybridized carbons (Fsp3) is 0.125. The second kappa shape index (κ2) is 6.52. The summed E-state index contributed by atoms with van der Waals surface area (Å²) in [7, 11) is 3.17. The first-order valence-electron chi connectivity index (χ1n) is 6.08. The maximum atomic E-state index is 11.9. The first kappa shape index (κ1) is 13.8. The van der Waals surface area contributed by atoms with Crippen molar-refractivity contribution < 1.29 is 14.3 Å². The van der Waals surface area contributed by atoms with E-state index < -0.39 is 0 Å². The predicted octanol–water partition coefficient (Wildman–Crippen LogP) is 2.99. The van der Waals surface area contributed by atoms with Crippen molar-refractivity contribution in [3.63, 3.8) is 0 Å². The molecule has 0 radical (unpaired) electrons. The molecule has 4 nitrogen and oxygen atoms in total. The molecule has 20 heavy (non-hydrogen) atoms. The highest BCUT2D eigenvalue weighted by Gasteiger charge is 2.02. The Morgan fingerprint density at radius 1 is 1.15 bits per heavy atom. The van der Waals surface area contributed by atoms with E-state index in [1.54, 1.807) is 50.9 Å². The average molecular weight is 269 g/mol. The van der Waals surface area contributed by atoms with E-state index in [2.05, 4.69) is 4.98 Å². The molecule has 0 saturated heterocycles. The van der Waals surface area contributed by atoms with Gasteiger partial charge in [0.15, 0.2) is 5.78 Å². The Kier molecular flexibility index (Phi) is 4.50. The molecule has 0 aliphatic rings. The van der Waals surface area contributed by atoms with Gasteiger partial charge in [0.1, 0.15) is 11.5 Å². The molecule has 0 amide bonds. The Morgan fingerprint density at radius 2 is 1.85 bits per heavy atom. The van der Waals surface area contributed by atoms with Gasteiger partial charge in [-0.05, 0) is 35.9 Å². The number of carbonyl (C=O) groups is 1. The van der Waals surface area contributed by atoms with Crippen molar-refractivity contribution in [2.24, 2.45) is 0 Å². The van der Waals surface area contributed by atoms with Gasteiger partial charge in [-0.2, -0.15) is 0 Å². The normalized spacial score (nSPS) is 10.5. The third-order valence-corrected chi connectivity index (χ3v) is 2.75. The lowest BCUT2D eigenvalue weighted by Crippen LogP contribution is -1.94. The zero-order chi connectivity index (χ0) is 14.4. The number of ether oxygens (including phenoxy) is 2. The van der Waals surface area contributed by atoms with Crippen molar-refractivity contribution in [2.45, 2.75) is 0 Å². The summed E-state index contributed by atoms with van der Waals surface area (Å²) in [5.74, 6) is 1.26. The minimum atomic E-state index is -0.0973. The van der Waals surface area contributed by atoms with Gasteiger partial charge in [0.05, 0.1) is 14.2 Å². The van der Waals surface area contributed by atoms with Crippen molar-refractivity contribution in [3.8, 4) is 11.5 Å². The number of nitrogens with zero attached hydrogens (tertiary/aromatic N) is 1. The van der Waals surface area contributed by atoms with Crippen LogP contribution in [-0.2, 0) is 0 Å². The second-order valence-corrected chi connectivity index (χ2v) is 4.09. The maximum Gasteiger partial charge on any atom is 0.187 e. The topological polar surface area (TPSA) is 48.4 Å². The summed E-state index contributed by atoms with van der Waals surface area (Å²) in [6, 6.07) is 8.90. The van der Waals surface area contributed by atoms with Crippen LogP contribution < -0.4 is 9.47 Å². The number of allylic oxidation sites excluding steroid dienone is 1. The summed E-state index contributed by atoms with van der Waals surface area (Å²) in [6.45, 7) is 0. The third-order valence-electron chi connectivity index (χ3n) is 2.75. The van der Waals surface area contributed by atoms with E-state index in [9.17, 15) is 4.79 Å². The molecule has 2 aromatic rings. The van der Waals surface area contributed by atoms with E-state index >= 15 is 0 Å². The van der Waals surface area contributed by atoms with Crippen LogP contribution in [0.2, 0.25) is 0 Å². The number of rotatable bonds is 5. The summed E-state index contributed by atoms with van der Waals surface area (Å²) in [5, 5.41) is 0. The lowest BCUT2D eigenvalue weighted by Gasteiger charge is -2.05. The van der Waals surface area contributed by atoms with E-state index in [1.165, 1.54) is 6.08 Å². The molecular weight excluding hydrogens is 254 g/mol. The van der Waals surface area contributed by atoms with Gasteiger partial charge in [-0.15, -0.1) is 0 Å². The number of benzene rings is 1. The van der Waals surface area contributed by atoms with Gasteiger partial charge in [-0.1, -0.05) is 6.08 Å². The number of ketones is 1. The van der Waals surface area contributed by atoms with Gasteiger partial charge in [-0.25, -0.2) is 0 Å². The van der Waals surface area contributed by atoms with Gasteiger partial charge >= 0.3 is 0 Å². The lowest BCUT2D eigenvalue weighted by atomic mass is 10.1. The van der Waals surface area contributed by atoms with Gasteiger partial charge in [0.2, 0.25) is 0 Å². The highest BCUT2D eigenvalue weighted by Crippen LogP contribution is 2.23. The van der Waals surface area contributed by atoms with E-state index in [-0.39, 0.29) is 5.78 Å². The van der Waals surface area contributed by atoms with Crippen molar-refractivity contribution in [1.82, 2.24) is 4.98 Å². The fourth-order valence-electron chi connectivity index (χ4n) is 1.70. The van der Waals surface area contributed by atoms with Crippen LogP contribution >= 0.6 is 0 Å². The Labute approximate surface area is 117 Å². The first-order valence-corrected chi connectivity index (χ1v) is 6.08. The summed E-state index contributed by atoms with van der Waals surface area (Å²) >= 11 is 0. The zero-order valence-corrected chi connectivity index (χ0v) is 11.4. The quantitative estimate of drug-likeness (QED) is 0.618. The lowest BCUT2D eigenvalue weighted by molar-refractivity contribution is 0.104. The molecule has 0 saturated carbocycles. The molecule has 0 spiro atoms. The Morgan fingerprint density at radius 3 is 2.40 bits per heavy atom. The molecule has 0 aliphatic heterocycles. The van der Waals surface area contributed by atoms with Crippen LogP contribution in [0.25, 0.3) is 6.08 Å². The molecule has 1 aromatic carbocycles. The number of pyridine rings is 1. The van der Waals surface area contributed by atoms with Gasteiger partial charge in [0, 0.05) is 24.0 Å². The number of hydrogen-bond donors (Lipinski definition) is 0. The number of methoxy groups -OCH3 is 2. The molecule has 0 bridgehead atoms. The fourth-order valence-corrected chi connectivity index (χ4v) is 1.70. The van der Waals surface area contributed by atoms with Crippen LogP contribution in [0.15, 0.2) is 48.8 Å². The molecular formula is C16H15NO3. The van der Waals surface area contributed by atoms with Crippen molar-refractivity contribution >= 4 is 11.9 Å². The third kappa shape index (κ3) is 3.45.